The van der Waals surface area contributed by atoms with Crippen LogP contribution in [-0.4, -0.2) is 25.9 Å². The van der Waals surface area contributed by atoms with Crippen molar-refractivity contribution in [1.29, 1.82) is 0 Å². The van der Waals surface area contributed by atoms with E-state index in [9.17, 15) is 17.2 Å². The summed E-state index contributed by atoms with van der Waals surface area (Å²) in [7, 11) is -3.86. The van der Waals surface area contributed by atoms with Crippen molar-refractivity contribution in [3.8, 4) is 5.75 Å². The van der Waals surface area contributed by atoms with Crippen LogP contribution < -0.4 is 10.1 Å². The third kappa shape index (κ3) is 3.94. The molecule has 29 heavy (non-hydrogen) atoms. The maximum atomic E-state index is 14.1. The summed E-state index contributed by atoms with van der Waals surface area (Å²) < 4.78 is 60.4. The minimum absolute atomic E-state index is 0.00175. The number of ether oxygens (including phenoxy) is 1. The van der Waals surface area contributed by atoms with Crippen molar-refractivity contribution >= 4 is 21.4 Å². The summed E-state index contributed by atoms with van der Waals surface area (Å²) >= 11 is 0. The number of para-hydroxylation sites is 1. The van der Waals surface area contributed by atoms with Gasteiger partial charge in [0.05, 0.1) is 10.6 Å². The Morgan fingerprint density at radius 3 is 2.38 bits per heavy atom. The van der Waals surface area contributed by atoms with Gasteiger partial charge >= 0.3 is 0 Å². The van der Waals surface area contributed by atoms with Crippen molar-refractivity contribution in [2.75, 3.05) is 18.5 Å². The molecule has 1 aliphatic rings. The van der Waals surface area contributed by atoms with Crippen LogP contribution in [0, 0.1) is 11.6 Å². The molecule has 5 nitrogen and oxygen atoms in total. The molecular formula is C21H18F2N2O3S. The largest absolute Gasteiger partial charge is 0.492 e. The molecule has 1 heterocycles. The molecule has 0 radical (unpaired) electrons. The molecule has 0 atom stereocenters. The summed E-state index contributed by atoms with van der Waals surface area (Å²) in [4.78, 5) is 0.00175. The molecule has 3 aromatic carbocycles. The molecule has 150 valence electrons. The predicted octanol–water partition coefficient (Wildman–Crippen LogP) is 4.29. The normalized spacial score (nSPS) is 14.6. The summed E-state index contributed by atoms with van der Waals surface area (Å²) in [5.41, 5.74) is 1.42. The SMILES string of the molecule is O=S(=O)(c1ccc(F)cc1)N1CCOc2cccc(Nc3ccccc3F)c2C1. The Hall–Kier alpha value is -2.97. The van der Waals surface area contributed by atoms with Crippen molar-refractivity contribution in [2.45, 2.75) is 11.4 Å². The van der Waals surface area contributed by atoms with E-state index >= 15 is 0 Å². The van der Waals surface area contributed by atoms with Gasteiger partial charge in [-0.1, -0.05) is 18.2 Å². The maximum Gasteiger partial charge on any atom is 0.243 e. The van der Waals surface area contributed by atoms with Crippen LogP contribution in [0.1, 0.15) is 5.56 Å². The van der Waals surface area contributed by atoms with Crippen LogP contribution in [-0.2, 0) is 16.6 Å². The van der Waals surface area contributed by atoms with E-state index in [4.69, 9.17) is 4.74 Å². The topological polar surface area (TPSA) is 58.6 Å². The minimum atomic E-state index is -3.86. The van der Waals surface area contributed by atoms with Gasteiger partial charge in [-0.25, -0.2) is 17.2 Å². The molecule has 0 aromatic heterocycles. The van der Waals surface area contributed by atoms with Crippen molar-refractivity contribution < 1.29 is 21.9 Å². The van der Waals surface area contributed by atoms with E-state index < -0.39 is 21.7 Å². The molecule has 1 N–H and O–H groups in total. The van der Waals surface area contributed by atoms with Gasteiger partial charge in [-0.05, 0) is 48.5 Å². The van der Waals surface area contributed by atoms with Gasteiger partial charge in [0.25, 0.3) is 0 Å². The van der Waals surface area contributed by atoms with Gasteiger partial charge in [0.1, 0.15) is 24.0 Å². The molecule has 0 saturated heterocycles. The fourth-order valence-corrected chi connectivity index (χ4v) is 4.55. The van der Waals surface area contributed by atoms with Crippen LogP contribution in [0.4, 0.5) is 20.2 Å². The summed E-state index contributed by atoms with van der Waals surface area (Å²) in [6.07, 6.45) is 0. The van der Waals surface area contributed by atoms with Crippen LogP contribution >= 0.6 is 0 Å². The summed E-state index contributed by atoms with van der Waals surface area (Å²) in [5.74, 6) is -0.400. The zero-order valence-electron chi connectivity index (χ0n) is 15.3. The molecule has 3 aromatic rings. The van der Waals surface area contributed by atoms with Gasteiger partial charge in [0.15, 0.2) is 0 Å². The maximum absolute atomic E-state index is 14.1. The first-order valence-corrected chi connectivity index (χ1v) is 10.4. The first-order chi connectivity index (χ1) is 13.9. The standard InChI is InChI=1S/C21H18F2N2O3S/c22-15-8-10-16(11-9-15)29(26,27)25-12-13-28-21-7-3-6-19(17(21)14-25)24-20-5-2-1-4-18(20)23/h1-11,24H,12-14H2. The van der Waals surface area contributed by atoms with E-state index in [0.29, 0.717) is 17.0 Å². The highest BCUT2D eigenvalue weighted by molar-refractivity contribution is 7.89. The quantitative estimate of drug-likeness (QED) is 0.689. The van der Waals surface area contributed by atoms with Gasteiger partial charge in [0, 0.05) is 24.3 Å². The molecule has 4 rings (SSSR count). The number of fused-ring (bicyclic) bond motifs is 1. The van der Waals surface area contributed by atoms with Gasteiger partial charge < -0.3 is 10.1 Å². The highest BCUT2D eigenvalue weighted by Gasteiger charge is 2.29. The van der Waals surface area contributed by atoms with Gasteiger partial charge in [0.2, 0.25) is 10.0 Å². The molecule has 0 bridgehead atoms. The number of hydrogen-bond acceptors (Lipinski definition) is 4. The number of nitrogens with zero attached hydrogens (tertiary/aromatic N) is 1. The molecule has 0 aliphatic carbocycles. The van der Waals surface area contributed by atoms with Crippen LogP contribution in [0.3, 0.4) is 0 Å². The van der Waals surface area contributed by atoms with E-state index in [0.717, 1.165) is 12.1 Å². The molecule has 0 amide bonds. The average molecular weight is 416 g/mol. The first kappa shape index (κ1) is 19.4. The second-order valence-corrected chi connectivity index (χ2v) is 8.47. The molecule has 1 aliphatic heterocycles. The van der Waals surface area contributed by atoms with Crippen LogP contribution in [0.15, 0.2) is 71.6 Å². The first-order valence-electron chi connectivity index (χ1n) is 8.97. The van der Waals surface area contributed by atoms with Crippen LogP contribution in [0.2, 0.25) is 0 Å². The van der Waals surface area contributed by atoms with Crippen molar-refractivity contribution in [2.24, 2.45) is 0 Å². The number of halogens is 2. The minimum Gasteiger partial charge on any atom is -0.492 e. The molecular weight excluding hydrogens is 398 g/mol. The lowest BCUT2D eigenvalue weighted by molar-refractivity contribution is 0.293. The van der Waals surface area contributed by atoms with Gasteiger partial charge in [-0.2, -0.15) is 4.31 Å². The Labute approximate surface area is 167 Å². The number of hydrogen-bond donors (Lipinski definition) is 1. The molecule has 0 fully saturated rings. The van der Waals surface area contributed by atoms with Crippen LogP contribution in [0.5, 0.6) is 5.75 Å². The lowest BCUT2D eigenvalue weighted by Crippen LogP contribution is -2.32. The molecule has 0 saturated carbocycles. The van der Waals surface area contributed by atoms with Crippen molar-refractivity contribution in [3.63, 3.8) is 0 Å². The molecule has 8 heteroatoms. The highest BCUT2D eigenvalue weighted by atomic mass is 32.2. The number of rotatable bonds is 4. The summed E-state index contributed by atoms with van der Waals surface area (Å²) in [6, 6.07) is 16.2. The number of benzene rings is 3. The third-order valence-electron chi connectivity index (χ3n) is 4.66. The Bertz CT molecular complexity index is 1130. The number of anilines is 2. The molecule has 0 spiro atoms. The van der Waals surface area contributed by atoms with E-state index in [1.54, 1.807) is 36.4 Å². The second-order valence-electron chi connectivity index (χ2n) is 6.53. The van der Waals surface area contributed by atoms with Gasteiger partial charge in [-0.15, -0.1) is 0 Å². The average Bonchev–Trinajstić information content (AvgIpc) is 2.94. The van der Waals surface area contributed by atoms with E-state index in [2.05, 4.69) is 5.32 Å². The summed E-state index contributed by atoms with van der Waals surface area (Å²) in [5, 5.41) is 3.02. The van der Waals surface area contributed by atoms with E-state index in [1.807, 2.05) is 0 Å². The van der Waals surface area contributed by atoms with Crippen molar-refractivity contribution in [3.05, 3.63) is 83.9 Å². The monoisotopic (exact) mass is 416 g/mol. The molecule has 0 unspecified atom stereocenters. The van der Waals surface area contributed by atoms with E-state index in [-0.39, 0.29) is 30.3 Å². The lowest BCUT2D eigenvalue weighted by atomic mass is 10.1. The fourth-order valence-electron chi connectivity index (χ4n) is 3.16. The Balaban J connectivity index is 1.69. The zero-order chi connectivity index (χ0) is 20.4. The zero-order valence-corrected chi connectivity index (χ0v) is 16.1. The Morgan fingerprint density at radius 2 is 1.62 bits per heavy atom. The van der Waals surface area contributed by atoms with E-state index in [1.165, 1.54) is 22.5 Å². The fraction of sp³-hybridized carbons (Fsp3) is 0.143. The summed E-state index contributed by atoms with van der Waals surface area (Å²) in [6.45, 7) is 0.330. The number of nitrogens with one attached hydrogen (secondary N) is 1. The Morgan fingerprint density at radius 1 is 0.897 bits per heavy atom. The van der Waals surface area contributed by atoms with Crippen LogP contribution in [0.25, 0.3) is 0 Å². The smallest absolute Gasteiger partial charge is 0.243 e. The third-order valence-corrected chi connectivity index (χ3v) is 6.52. The predicted molar refractivity (Wildman–Crippen MR) is 106 cm³/mol. The Kier molecular flexibility index (Phi) is 5.21. The number of sulfonamides is 1. The van der Waals surface area contributed by atoms with Crippen molar-refractivity contribution in [1.82, 2.24) is 4.31 Å². The second kappa shape index (κ2) is 7.81. The highest BCUT2D eigenvalue weighted by Crippen LogP contribution is 2.34. The van der Waals surface area contributed by atoms with Gasteiger partial charge in [-0.3, -0.25) is 0 Å². The lowest BCUT2D eigenvalue weighted by Gasteiger charge is -2.21.